The summed E-state index contributed by atoms with van der Waals surface area (Å²) in [6.07, 6.45) is -7.52. The molecule has 0 radical (unpaired) electrons. The molecular weight excluding hydrogens is 342 g/mol. The van der Waals surface area contributed by atoms with Gasteiger partial charge in [-0.1, -0.05) is 11.6 Å². The van der Waals surface area contributed by atoms with E-state index in [9.17, 15) is 31.1 Å². The summed E-state index contributed by atoms with van der Waals surface area (Å²) in [5, 5.41) is -0.215. The van der Waals surface area contributed by atoms with Crippen LogP contribution in [0.2, 0.25) is 5.15 Å². The zero-order valence-electron chi connectivity index (χ0n) is 10.2. The lowest BCUT2D eigenvalue weighted by atomic mass is 10.4. The van der Waals surface area contributed by atoms with Crippen molar-refractivity contribution in [3.8, 4) is 0 Å². The minimum Gasteiger partial charge on any atom is -0.313 e. The van der Waals surface area contributed by atoms with E-state index in [1.54, 1.807) is 0 Å². The van der Waals surface area contributed by atoms with Gasteiger partial charge in [-0.3, -0.25) is 4.79 Å². The van der Waals surface area contributed by atoms with Crippen LogP contribution in [0.5, 0.6) is 0 Å². The lowest BCUT2D eigenvalue weighted by Gasteiger charge is -2.03. The monoisotopic (exact) mass is 346 g/mol. The van der Waals surface area contributed by atoms with E-state index in [2.05, 4.69) is 15.0 Å². The minimum atomic E-state index is -4.55. The molecule has 0 aliphatic carbocycles. The number of halogens is 7. The summed E-state index contributed by atoms with van der Waals surface area (Å²) < 4.78 is 70.7. The summed E-state index contributed by atoms with van der Waals surface area (Å²) in [5.41, 5.74) is -3.02. The van der Waals surface area contributed by atoms with Crippen molar-refractivity contribution in [1.29, 1.82) is 0 Å². The Balaban J connectivity index is 0.000000220. The molecule has 0 atom stereocenters. The van der Waals surface area contributed by atoms with Crippen LogP contribution in [0.15, 0.2) is 29.6 Å². The average molecular weight is 347 g/mol. The third-order valence-corrected chi connectivity index (χ3v) is 2.10. The van der Waals surface area contributed by atoms with Crippen LogP contribution in [0, 0.1) is 0 Å². The number of aromatic nitrogens is 4. The van der Waals surface area contributed by atoms with Crippen LogP contribution in [0.1, 0.15) is 11.4 Å². The average Bonchev–Trinajstić information content (AvgIpc) is 2.37. The van der Waals surface area contributed by atoms with Crippen molar-refractivity contribution < 1.29 is 26.3 Å². The van der Waals surface area contributed by atoms with Gasteiger partial charge in [0.25, 0.3) is 5.56 Å². The number of nitrogens with one attached hydrogen (secondary N) is 1. The maximum Gasteiger partial charge on any atom is 0.433 e. The molecule has 120 valence electrons. The van der Waals surface area contributed by atoms with Crippen LogP contribution < -0.4 is 5.56 Å². The van der Waals surface area contributed by atoms with Gasteiger partial charge in [0.1, 0.15) is 17.2 Å². The Labute approximate surface area is 123 Å². The van der Waals surface area contributed by atoms with Crippen LogP contribution >= 0.6 is 11.6 Å². The van der Waals surface area contributed by atoms with Crippen LogP contribution in [-0.2, 0) is 12.4 Å². The summed E-state index contributed by atoms with van der Waals surface area (Å²) >= 11 is 5.20. The first-order valence-electron chi connectivity index (χ1n) is 5.17. The van der Waals surface area contributed by atoms with Gasteiger partial charge < -0.3 is 4.98 Å². The van der Waals surface area contributed by atoms with Gasteiger partial charge in [0, 0.05) is 12.1 Å². The Kier molecular flexibility index (Phi) is 5.47. The molecule has 0 saturated heterocycles. The zero-order chi connectivity index (χ0) is 17.0. The van der Waals surface area contributed by atoms with E-state index < -0.39 is 29.3 Å². The molecule has 0 saturated carbocycles. The van der Waals surface area contributed by atoms with E-state index in [0.717, 1.165) is 6.33 Å². The van der Waals surface area contributed by atoms with E-state index in [1.165, 1.54) is 0 Å². The highest BCUT2D eigenvalue weighted by atomic mass is 35.5. The van der Waals surface area contributed by atoms with Crippen molar-refractivity contribution in [3.63, 3.8) is 0 Å². The van der Waals surface area contributed by atoms with E-state index >= 15 is 0 Å². The molecule has 22 heavy (non-hydrogen) atoms. The predicted octanol–water partition coefficient (Wildman–Crippen LogP) is 2.94. The van der Waals surface area contributed by atoms with Crippen LogP contribution in [0.3, 0.4) is 0 Å². The number of hydrogen-bond donors (Lipinski definition) is 1. The molecule has 0 aliphatic rings. The van der Waals surface area contributed by atoms with Crippen LogP contribution in [0.25, 0.3) is 0 Å². The summed E-state index contributed by atoms with van der Waals surface area (Å²) in [6.45, 7) is 0. The van der Waals surface area contributed by atoms with Crippen LogP contribution in [-0.4, -0.2) is 19.9 Å². The van der Waals surface area contributed by atoms with E-state index in [1.807, 2.05) is 4.98 Å². The first-order chi connectivity index (χ1) is 10.00. The first-order valence-corrected chi connectivity index (χ1v) is 5.54. The molecule has 2 rings (SSSR count). The Hall–Kier alpha value is -2.17. The number of alkyl halides is 6. The molecular formula is C10H5ClF6N4O. The minimum absolute atomic E-state index is 0.215. The van der Waals surface area contributed by atoms with Crippen molar-refractivity contribution >= 4 is 11.6 Å². The SMILES string of the molecule is FC(F)(F)c1cc(Cl)ncn1.O=c1cc(C(F)(F)F)nc[nH]1. The largest absolute Gasteiger partial charge is 0.433 e. The normalized spacial score (nSPS) is 11.6. The molecule has 2 heterocycles. The lowest BCUT2D eigenvalue weighted by molar-refractivity contribution is -0.142. The number of rotatable bonds is 0. The molecule has 0 aromatic carbocycles. The summed E-state index contributed by atoms with van der Waals surface area (Å²) in [4.78, 5) is 21.5. The third-order valence-electron chi connectivity index (χ3n) is 1.89. The maximum atomic E-state index is 11.8. The molecule has 0 spiro atoms. The smallest absolute Gasteiger partial charge is 0.313 e. The highest BCUT2D eigenvalue weighted by molar-refractivity contribution is 6.29. The molecule has 0 aliphatic heterocycles. The molecule has 1 N–H and O–H groups in total. The predicted molar refractivity (Wildman–Crippen MR) is 61.9 cm³/mol. The quantitative estimate of drug-likeness (QED) is 0.588. The van der Waals surface area contributed by atoms with E-state index in [0.29, 0.717) is 18.5 Å². The Morgan fingerprint density at radius 2 is 1.45 bits per heavy atom. The number of aromatic amines is 1. The molecule has 0 amide bonds. The Bertz CT molecular complexity index is 684. The van der Waals surface area contributed by atoms with Crippen molar-refractivity contribution in [2.75, 3.05) is 0 Å². The fourth-order valence-corrected chi connectivity index (χ4v) is 1.16. The van der Waals surface area contributed by atoms with Gasteiger partial charge in [0.2, 0.25) is 0 Å². The van der Waals surface area contributed by atoms with Gasteiger partial charge in [-0.2, -0.15) is 26.3 Å². The number of H-pyrrole nitrogens is 1. The van der Waals surface area contributed by atoms with Crippen molar-refractivity contribution in [1.82, 2.24) is 19.9 Å². The first kappa shape index (κ1) is 17.9. The van der Waals surface area contributed by atoms with Crippen molar-refractivity contribution in [2.45, 2.75) is 12.4 Å². The summed E-state index contributed by atoms with van der Waals surface area (Å²) in [7, 11) is 0. The second kappa shape index (κ2) is 6.73. The summed E-state index contributed by atoms with van der Waals surface area (Å²) in [6, 6.07) is 1.07. The van der Waals surface area contributed by atoms with E-state index in [4.69, 9.17) is 11.6 Å². The molecule has 2 aromatic rings. The lowest BCUT2D eigenvalue weighted by Crippen LogP contribution is -2.14. The second-order valence-electron chi connectivity index (χ2n) is 3.52. The Morgan fingerprint density at radius 3 is 1.82 bits per heavy atom. The zero-order valence-corrected chi connectivity index (χ0v) is 11.0. The topological polar surface area (TPSA) is 71.5 Å². The summed E-state index contributed by atoms with van der Waals surface area (Å²) in [5.74, 6) is 0. The fourth-order valence-electron chi connectivity index (χ4n) is 1.01. The molecule has 0 fully saturated rings. The highest BCUT2D eigenvalue weighted by Gasteiger charge is 2.33. The van der Waals surface area contributed by atoms with Gasteiger partial charge >= 0.3 is 12.4 Å². The van der Waals surface area contributed by atoms with Gasteiger partial charge in [-0.25, -0.2) is 15.0 Å². The number of nitrogens with zero attached hydrogens (tertiary/aromatic N) is 3. The Morgan fingerprint density at radius 1 is 0.909 bits per heavy atom. The van der Waals surface area contributed by atoms with Crippen molar-refractivity contribution in [2.24, 2.45) is 0 Å². The molecule has 5 nitrogen and oxygen atoms in total. The van der Waals surface area contributed by atoms with Crippen LogP contribution in [0.4, 0.5) is 26.3 Å². The number of hydrogen-bond acceptors (Lipinski definition) is 4. The molecule has 2 aromatic heterocycles. The highest BCUT2D eigenvalue weighted by Crippen LogP contribution is 2.28. The molecule has 0 unspecified atom stereocenters. The van der Waals surface area contributed by atoms with Crippen molar-refractivity contribution in [3.05, 3.63) is 51.7 Å². The van der Waals surface area contributed by atoms with Gasteiger partial charge in [-0.05, 0) is 0 Å². The molecule has 0 bridgehead atoms. The van der Waals surface area contributed by atoms with Gasteiger partial charge in [0.05, 0.1) is 6.33 Å². The maximum absolute atomic E-state index is 11.8. The van der Waals surface area contributed by atoms with Gasteiger partial charge in [0.15, 0.2) is 5.69 Å². The second-order valence-corrected chi connectivity index (χ2v) is 3.91. The van der Waals surface area contributed by atoms with E-state index in [-0.39, 0.29) is 5.15 Å². The standard InChI is InChI=1S/C5H2ClF3N2.C5H3F3N2O/c6-4-1-3(5(7,8)9)10-2-11-4;6-5(7,8)3-1-4(11)10-2-9-3/h1-2H;1-2H,(H,9,10,11). The molecule has 12 heteroatoms. The fraction of sp³-hybridized carbons (Fsp3) is 0.200. The third kappa shape index (κ3) is 5.68. The van der Waals surface area contributed by atoms with Gasteiger partial charge in [-0.15, -0.1) is 0 Å².